The number of benzene rings is 3. The number of fused-ring (bicyclic) bond motifs is 1. The second kappa shape index (κ2) is 11.7. The van der Waals surface area contributed by atoms with Gasteiger partial charge >= 0.3 is 5.97 Å². The number of aromatic nitrogens is 1. The zero-order chi connectivity index (χ0) is 27.4. The largest absolute Gasteiger partial charge is 0.492 e. The van der Waals surface area contributed by atoms with E-state index in [0.717, 1.165) is 16.5 Å². The van der Waals surface area contributed by atoms with Gasteiger partial charge in [0.05, 0.1) is 40.4 Å². The Labute approximate surface area is 229 Å². The maximum atomic E-state index is 13.3. The van der Waals surface area contributed by atoms with E-state index in [1.54, 1.807) is 54.1 Å². The van der Waals surface area contributed by atoms with Crippen LogP contribution in [-0.2, 0) is 23.0 Å². The third-order valence-electron chi connectivity index (χ3n) is 6.21. The average Bonchev–Trinajstić information content (AvgIpc) is 2.91. The highest BCUT2D eigenvalue weighted by Gasteiger charge is 2.25. The lowest BCUT2D eigenvalue weighted by atomic mass is 9.99. The molecule has 1 atom stereocenters. The Morgan fingerprint density at radius 3 is 2.26 bits per heavy atom. The number of hydrogen-bond donors (Lipinski definition) is 1. The number of nitrogens with one attached hydrogen (secondary N) is 1. The summed E-state index contributed by atoms with van der Waals surface area (Å²) < 4.78 is 12.5. The highest BCUT2D eigenvalue weighted by molar-refractivity contribution is 6.39. The number of nitrogens with zero attached hydrogens (tertiary/aromatic N) is 1. The summed E-state index contributed by atoms with van der Waals surface area (Å²) in [6, 6.07) is 18.5. The van der Waals surface area contributed by atoms with Crippen LogP contribution in [0.1, 0.15) is 22.8 Å². The molecule has 0 radical (unpaired) electrons. The maximum absolute atomic E-state index is 13.3. The van der Waals surface area contributed by atoms with Crippen LogP contribution < -0.4 is 15.6 Å². The number of aryl methyl sites for hydroxylation is 1. The molecule has 0 bridgehead atoms. The highest BCUT2D eigenvalue weighted by atomic mass is 35.5. The van der Waals surface area contributed by atoms with Crippen LogP contribution in [0.25, 0.3) is 22.0 Å². The van der Waals surface area contributed by atoms with Crippen molar-refractivity contribution < 1.29 is 19.1 Å². The summed E-state index contributed by atoms with van der Waals surface area (Å²) in [6.45, 7) is 2.27. The van der Waals surface area contributed by atoms with Gasteiger partial charge in [-0.3, -0.25) is 9.59 Å². The Hall–Kier alpha value is -3.81. The number of amides is 1. The number of esters is 1. The molecule has 0 spiro atoms. The molecule has 38 heavy (non-hydrogen) atoms. The van der Waals surface area contributed by atoms with Crippen LogP contribution in [0.3, 0.4) is 0 Å². The van der Waals surface area contributed by atoms with E-state index in [1.165, 1.54) is 7.11 Å². The molecule has 3 aromatic carbocycles. The standard InChI is InChI=1S/C29H26Cl2N2O5/c1-4-38-26-19-8-5-6-11-23(19)33(2)28(35)24(26)18-14-12-17(13-15-18)16-22(29(36)37-3)32-27(34)25-20(30)9-7-10-21(25)31/h5-15,22H,4,16H2,1-3H3,(H,32,34)/t22-/m0/s1. The van der Waals surface area contributed by atoms with Gasteiger partial charge in [0.25, 0.3) is 11.5 Å². The number of ether oxygens (including phenoxy) is 2. The molecular formula is C29H26Cl2N2O5. The molecule has 0 aliphatic carbocycles. The van der Waals surface area contributed by atoms with Crippen LogP contribution in [0, 0.1) is 0 Å². The Morgan fingerprint density at radius 2 is 1.63 bits per heavy atom. The van der Waals surface area contributed by atoms with Crippen LogP contribution in [0.2, 0.25) is 10.0 Å². The van der Waals surface area contributed by atoms with Crippen LogP contribution in [-0.4, -0.2) is 36.2 Å². The molecule has 0 fully saturated rings. The fourth-order valence-electron chi connectivity index (χ4n) is 4.34. The minimum Gasteiger partial charge on any atom is -0.492 e. The van der Waals surface area contributed by atoms with Gasteiger partial charge < -0.3 is 19.4 Å². The second-order valence-corrected chi connectivity index (χ2v) is 9.38. The van der Waals surface area contributed by atoms with Gasteiger partial charge in [0.1, 0.15) is 11.8 Å². The number of halogens is 2. The lowest BCUT2D eigenvalue weighted by molar-refractivity contribution is -0.142. The first-order valence-electron chi connectivity index (χ1n) is 11.9. The van der Waals surface area contributed by atoms with Gasteiger partial charge in [-0.15, -0.1) is 0 Å². The van der Waals surface area contributed by atoms with Crippen molar-refractivity contribution in [3.05, 3.63) is 98.3 Å². The summed E-state index contributed by atoms with van der Waals surface area (Å²) in [5, 5.41) is 3.85. The van der Waals surface area contributed by atoms with Crippen molar-refractivity contribution in [1.82, 2.24) is 9.88 Å². The average molecular weight is 553 g/mol. The number of pyridine rings is 1. The van der Waals surface area contributed by atoms with Gasteiger partial charge in [0.15, 0.2) is 0 Å². The summed E-state index contributed by atoms with van der Waals surface area (Å²) in [6.07, 6.45) is 0.148. The molecule has 1 amide bonds. The molecule has 196 valence electrons. The van der Waals surface area contributed by atoms with Gasteiger partial charge in [0, 0.05) is 18.9 Å². The lowest BCUT2D eigenvalue weighted by Gasteiger charge is -2.18. The van der Waals surface area contributed by atoms with Crippen molar-refractivity contribution in [1.29, 1.82) is 0 Å². The summed E-state index contributed by atoms with van der Waals surface area (Å²) in [5.41, 5.74) is 2.53. The minimum absolute atomic E-state index is 0.0793. The zero-order valence-electron chi connectivity index (χ0n) is 21.1. The fraction of sp³-hybridized carbons (Fsp3) is 0.207. The van der Waals surface area contributed by atoms with E-state index < -0.39 is 17.9 Å². The molecule has 0 aliphatic rings. The van der Waals surface area contributed by atoms with E-state index in [1.807, 2.05) is 31.2 Å². The predicted octanol–water partition coefficient (Wildman–Crippen LogP) is 5.43. The predicted molar refractivity (Wildman–Crippen MR) is 149 cm³/mol. The van der Waals surface area contributed by atoms with Crippen LogP contribution in [0.4, 0.5) is 0 Å². The van der Waals surface area contributed by atoms with Crippen LogP contribution >= 0.6 is 23.2 Å². The maximum Gasteiger partial charge on any atom is 0.328 e. The summed E-state index contributed by atoms with van der Waals surface area (Å²) in [5.74, 6) is -0.684. The van der Waals surface area contributed by atoms with Crippen molar-refractivity contribution in [2.75, 3.05) is 13.7 Å². The van der Waals surface area contributed by atoms with Crippen molar-refractivity contribution in [3.8, 4) is 16.9 Å². The van der Waals surface area contributed by atoms with Crippen LogP contribution in [0.5, 0.6) is 5.75 Å². The van der Waals surface area contributed by atoms with Gasteiger partial charge in [-0.2, -0.15) is 0 Å². The van der Waals surface area contributed by atoms with E-state index in [-0.39, 0.29) is 27.6 Å². The van der Waals surface area contributed by atoms with Crippen LogP contribution in [0.15, 0.2) is 71.5 Å². The first-order valence-corrected chi connectivity index (χ1v) is 12.7. The third kappa shape index (κ3) is 5.39. The van der Waals surface area contributed by atoms with Crippen molar-refractivity contribution >= 4 is 46.0 Å². The molecule has 0 unspecified atom stereocenters. The molecule has 4 aromatic rings. The monoisotopic (exact) mass is 552 g/mol. The van der Waals surface area contributed by atoms with E-state index in [0.29, 0.717) is 23.5 Å². The van der Waals surface area contributed by atoms with E-state index in [4.69, 9.17) is 32.7 Å². The van der Waals surface area contributed by atoms with Gasteiger partial charge in [-0.1, -0.05) is 65.7 Å². The minimum atomic E-state index is -0.988. The molecule has 4 rings (SSSR count). The molecule has 9 heteroatoms. The van der Waals surface area contributed by atoms with Crippen molar-refractivity contribution in [2.24, 2.45) is 7.05 Å². The Bertz CT molecular complexity index is 1540. The van der Waals surface area contributed by atoms with Gasteiger partial charge in [-0.05, 0) is 42.3 Å². The van der Waals surface area contributed by atoms with Crippen molar-refractivity contribution in [2.45, 2.75) is 19.4 Å². The molecule has 1 aromatic heterocycles. The van der Waals surface area contributed by atoms with E-state index in [9.17, 15) is 14.4 Å². The van der Waals surface area contributed by atoms with Gasteiger partial charge in [-0.25, -0.2) is 4.79 Å². The summed E-state index contributed by atoms with van der Waals surface area (Å²) in [7, 11) is 2.98. The fourth-order valence-corrected chi connectivity index (χ4v) is 4.91. The molecular weight excluding hydrogens is 527 g/mol. The number of rotatable bonds is 8. The Morgan fingerprint density at radius 1 is 0.974 bits per heavy atom. The first kappa shape index (κ1) is 27.2. The van der Waals surface area contributed by atoms with Gasteiger partial charge in [0.2, 0.25) is 0 Å². The number of methoxy groups -OCH3 is 1. The number of hydrogen-bond acceptors (Lipinski definition) is 5. The SMILES string of the molecule is CCOc1c(-c2ccc(C[C@H](NC(=O)c3c(Cl)cccc3Cl)C(=O)OC)cc2)c(=O)n(C)c2ccccc12. The molecule has 0 saturated heterocycles. The molecule has 1 heterocycles. The first-order chi connectivity index (χ1) is 18.3. The Balaban J connectivity index is 1.66. The number of carbonyl (C=O) groups is 2. The number of carbonyl (C=O) groups excluding carboxylic acids is 2. The molecule has 0 saturated carbocycles. The Kier molecular flexibility index (Phi) is 8.39. The zero-order valence-corrected chi connectivity index (χ0v) is 22.6. The van der Waals surface area contributed by atoms with E-state index >= 15 is 0 Å². The van der Waals surface area contributed by atoms with Crippen molar-refractivity contribution in [3.63, 3.8) is 0 Å². The lowest BCUT2D eigenvalue weighted by Crippen LogP contribution is -2.43. The quantitative estimate of drug-likeness (QED) is 0.295. The third-order valence-corrected chi connectivity index (χ3v) is 6.84. The normalized spacial score (nSPS) is 11.7. The topological polar surface area (TPSA) is 86.6 Å². The van der Waals surface area contributed by atoms with E-state index in [2.05, 4.69) is 5.32 Å². The second-order valence-electron chi connectivity index (χ2n) is 8.57. The summed E-state index contributed by atoms with van der Waals surface area (Å²) >= 11 is 12.3. The molecule has 1 N–H and O–H groups in total. The molecule has 7 nitrogen and oxygen atoms in total. The molecule has 0 aliphatic heterocycles. The summed E-state index contributed by atoms with van der Waals surface area (Å²) in [4.78, 5) is 38.7. The number of para-hydroxylation sites is 1. The smallest absolute Gasteiger partial charge is 0.328 e. The highest BCUT2D eigenvalue weighted by Crippen LogP contribution is 2.34.